The number of aliphatic hydroxyl groups excluding tert-OH is 2. The molecule has 22 heteroatoms. The van der Waals surface area contributed by atoms with Gasteiger partial charge in [0.15, 0.2) is 11.6 Å². The molecule has 424 valence electrons. The number of allylic oxidation sites excluding steroid dienone is 2. The number of Topliss-reactive ketones (excluding diaryl/α,β-unsaturated/α-hetero) is 1. The van der Waals surface area contributed by atoms with Crippen molar-refractivity contribution in [3.05, 3.63) is 85.6 Å². The second-order valence-corrected chi connectivity index (χ2v) is 21.9. The number of aromatic nitrogens is 1. The van der Waals surface area contributed by atoms with E-state index >= 15 is 4.39 Å². The number of ketones is 1. The van der Waals surface area contributed by atoms with Gasteiger partial charge in [-0.15, -0.1) is 0 Å². The number of phenolic OH excluding ortho intramolecular Hbond substituents is 3. The minimum Gasteiger partial charge on any atom is -0.507 e. The summed E-state index contributed by atoms with van der Waals surface area (Å²) in [6, 6.07) is 0.305. The Bertz CT molecular complexity index is 3290. The number of carboxylic acids is 1. The molecular weight excluding hydrogens is 1030 g/mol. The highest BCUT2D eigenvalue weighted by Gasteiger charge is 2.49. The van der Waals surface area contributed by atoms with E-state index in [0.29, 0.717) is 75.3 Å². The number of hydrogen-bond acceptors (Lipinski definition) is 18. The number of fused-ring (bicyclic) bond motifs is 16. The van der Waals surface area contributed by atoms with Gasteiger partial charge in [0.1, 0.15) is 28.9 Å². The van der Waals surface area contributed by atoms with Crippen molar-refractivity contribution in [3.8, 4) is 23.0 Å². The largest absolute Gasteiger partial charge is 0.507 e. The van der Waals surface area contributed by atoms with Gasteiger partial charge in [-0.2, -0.15) is 5.10 Å². The smallest absolute Gasteiger partial charge is 0.341 e. The summed E-state index contributed by atoms with van der Waals surface area (Å²) in [5.74, 6) is -9.15. The number of hydrogen-bond donors (Lipinski definition) is 8. The van der Waals surface area contributed by atoms with Crippen molar-refractivity contribution >= 4 is 57.5 Å². The summed E-state index contributed by atoms with van der Waals surface area (Å²) in [7, 11) is 0. The lowest BCUT2D eigenvalue weighted by atomic mass is 9.85. The number of aromatic carboxylic acids is 1. The molecule has 1 amide bonds. The Morgan fingerprint density at radius 3 is 2.32 bits per heavy atom. The molecule has 5 bridgehead atoms. The maximum absolute atomic E-state index is 16.1. The third-order valence-corrected chi connectivity index (χ3v) is 16.5. The number of aryl methyl sites for hydroxylation is 1. The molecule has 9 N–H and O–H groups in total. The fourth-order valence-corrected chi connectivity index (χ4v) is 11.7. The van der Waals surface area contributed by atoms with Gasteiger partial charge in [-0.1, -0.05) is 32.1 Å². The fourth-order valence-electron chi connectivity index (χ4n) is 11.7. The van der Waals surface area contributed by atoms with Crippen LogP contribution in [0.3, 0.4) is 0 Å². The van der Waals surface area contributed by atoms with Gasteiger partial charge in [-0.3, -0.25) is 33.5 Å². The van der Waals surface area contributed by atoms with Crippen molar-refractivity contribution in [2.75, 3.05) is 56.1 Å². The molecular formula is C57H70FN7O14. The fraction of sp³-hybridized carbons (Fsp3) is 0.509. The number of pyridine rings is 2. The van der Waals surface area contributed by atoms with Crippen molar-refractivity contribution < 1.29 is 68.4 Å². The number of carbonyl (C=O) groups excluding carboxylic acids is 3. The number of ether oxygens (including phenoxy) is 3. The number of nitrogens with two attached hydrogens (primary N) is 1. The highest BCUT2D eigenvalue weighted by atomic mass is 19.1. The topological polar surface area (TPSA) is 299 Å². The van der Waals surface area contributed by atoms with Crippen LogP contribution >= 0.6 is 0 Å². The number of hydrazone groups is 1. The number of anilines is 2. The van der Waals surface area contributed by atoms with Crippen molar-refractivity contribution in [2.45, 2.75) is 129 Å². The Labute approximate surface area is 455 Å². The Hall–Kier alpha value is -7.11. The van der Waals surface area contributed by atoms with E-state index in [0.717, 1.165) is 29.0 Å². The zero-order valence-electron chi connectivity index (χ0n) is 45.4. The normalized spacial score (nSPS) is 27.9. The molecule has 1 unspecified atom stereocenters. The van der Waals surface area contributed by atoms with E-state index in [4.69, 9.17) is 25.0 Å². The first-order valence-electron chi connectivity index (χ1n) is 26.9. The third-order valence-electron chi connectivity index (χ3n) is 16.5. The van der Waals surface area contributed by atoms with Crippen molar-refractivity contribution in [1.82, 2.24) is 14.3 Å². The molecule has 4 aromatic rings. The van der Waals surface area contributed by atoms with Gasteiger partial charge in [0, 0.05) is 87.5 Å². The molecule has 6 aliphatic rings. The van der Waals surface area contributed by atoms with E-state index in [1.807, 2.05) is 4.90 Å². The number of rotatable bonds is 7. The molecule has 0 spiro atoms. The zero-order chi connectivity index (χ0) is 57.1. The minimum absolute atomic E-state index is 0.0239. The second-order valence-electron chi connectivity index (χ2n) is 21.9. The van der Waals surface area contributed by atoms with Crippen LogP contribution in [-0.2, 0) is 19.1 Å². The average Bonchev–Trinajstić information content (AvgIpc) is 3.71. The van der Waals surface area contributed by atoms with Gasteiger partial charge in [-0.25, -0.2) is 9.18 Å². The first-order chi connectivity index (χ1) is 37.4. The SMILES string of the molecule is CC(=O)O[C@@H]1CCCCO[C@@]2(C)Oc3c(C)c(O)c4c(O)c(c(/C=N/N5CCN(C6CCN(c7c(F)cn8c(=O)c(C(=O)O)cc(C9CC9)c8c7C)C6)CC5)c(O)c4c3C2=O)NC(=O)/C(C)=C\C=C\[C@H](C)[C@H](O)[C@@H](N)[C@@H](O)[C@H]1C. The van der Waals surface area contributed by atoms with Gasteiger partial charge in [0.05, 0.1) is 70.7 Å². The number of benzene rings is 2. The molecule has 1 saturated carbocycles. The van der Waals surface area contributed by atoms with Gasteiger partial charge < -0.3 is 60.8 Å². The quantitative estimate of drug-likeness (QED) is 0.0503. The second kappa shape index (κ2) is 22.2. The first kappa shape index (κ1) is 56.6. The number of carbonyl (C=O) groups is 4. The molecule has 21 nitrogen and oxygen atoms in total. The molecule has 7 heterocycles. The number of aliphatic hydroxyl groups is 2. The number of amides is 1. The molecule has 79 heavy (non-hydrogen) atoms. The number of phenols is 3. The van der Waals surface area contributed by atoms with Crippen LogP contribution in [-0.4, -0.2) is 157 Å². The molecule has 0 radical (unpaired) electrons. The lowest BCUT2D eigenvalue weighted by Crippen LogP contribution is -2.52. The molecule has 8 atom stereocenters. The number of halogens is 1. The van der Waals surface area contributed by atoms with Gasteiger partial charge >= 0.3 is 11.9 Å². The lowest BCUT2D eigenvalue weighted by molar-refractivity contribution is -0.152. The standard InChI is InChI=1S/C57H70FN7O14/c1-27-11-10-12-28(2)54(73)61-44-37(24-60-64-20-18-62(19-21-64)34-16-17-63(25-34)46-30(4)45-35(33-14-15-33)23-36(56(75)76)55(74)65(45)26-38(46)58)50(70)40-41(51(44)71)48(68)31(5)52-42(40)53(72)57(7,79-52)77-22-9-8-13-39(78-32(6)66)29(3)49(69)43(59)47(27)67/h10-12,23-24,26-27,29,33-34,39,43,47,49,67-71H,8-9,13-22,25,59H2,1-7H3,(H,61,73)(H,75,76)/b11-10+,28-12-,60-24+/t27-,29-,34?,39+,43+,47-,49-,57-/m0/s1. The number of esters is 1. The Kier molecular flexibility index (Phi) is 15.9. The Balaban J connectivity index is 1.000. The molecule has 3 fully saturated rings. The van der Waals surface area contributed by atoms with E-state index in [2.05, 4.69) is 10.2 Å². The third kappa shape index (κ3) is 10.6. The summed E-state index contributed by atoms with van der Waals surface area (Å²) in [5, 5.41) is 77.1. The average molecular weight is 1100 g/mol. The van der Waals surface area contributed by atoms with Crippen LogP contribution in [0.25, 0.3) is 16.3 Å². The van der Waals surface area contributed by atoms with Gasteiger partial charge in [0.2, 0.25) is 5.78 Å². The van der Waals surface area contributed by atoms with Crippen LogP contribution in [0.4, 0.5) is 15.8 Å². The number of nitrogens with one attached hydrogen (secondary N) is 1. The molecule has 1 aliphatic carbocycles. The van der Waals surface area contributed by atoms with Gasteiger partial charge in [-0.05, 0) is 82.4 Å². The molecule has 2 saturated heterocycles. The molecule has 2 aromatic carbocycles. The predicted molar refractivity (Wildman–Crippen MR) is 291 cm³/mol. The lowest BCUT2D eigenvalue weighted by Gasteiger charge is -2.37. The summed E-state index contributed by atoms with van der Waals surface area (Å²) < 4.78 is 35.1. The maximum atomic E-state index is 16.1. The van der Waals surface area contributed by atoms with Crippen molar-refractivity contribution in [1.29, 1.82) is 0 Å². The maximum Gasteiger partial charge on any atom is 0.341 e. The van der Waals surface area contributed by atoms with E-state index in [-0.39, 0.29) is 69.5 Å². The number of piperazine rings is 1. The van der Waals surface area contributed by atoms with Crippen molar-refractivity contribution in [2.24, 2.45) is 22.7 Å². The highest BCUT2D eigenvalue weighted by molar-refractivity contribution is 6.24. The molecule has 5 aliphatic heterocycles. The highest BCUT2D eigenvalue weighted by Crippen LogP contribution is 2.55. The predicted octanol–water partition coefficient (Wildman–Crippen LogP) is 5.32. The van der Waals surface area contributed by atoms with Crippen LogP contribution in [0.5, 0.6) is 23.0 Å². The Morgan fingerprint density at radius 2 is 1.65 bits per heavy atom. The zero-order valence-corrected chi connectivity index (χ0v) is 45.4. The van der Waals surface area contributed by atoms with E-state index in [9.17, 15) is 54.6 Å². The van der Waals surface area contributed by atoms with E-state index < -0.39 is 99.8 Å². The Morgan fingerprint density at radius 1 is 0.937 bits per heavy atom. The minimum atomic E-state index is -1.97. The van der Waals surface area contributed by atoms with E-state index in [1.54, 1.807) is 31.9 Å². The number of nitrogens with zero attached hydrogens (tertiary/aromatic N) is 5. The number of aromatic hydroxyl groups is 3. The molecule has 10 rings (SSSR count). The van der Waals surface area contributed by atoms with Crippen LogP contribution in [0.1, 0.15) is 122 Å². The van der Waals surface area contributed by atoms with Gasteiger partial charge in [0.25, 0.3) is 17.3 Å². The monoisotopic (exact) mass is 1100 g/mol. The summed E-state index contributed by atoms with van der Waals surface area (Å²) in [5.41, 5.74) is 6.89. The van der Waals surface area contributed by atoms with Crippen LogP contribution < -0.4 is 26.2 Å². The molecule has 2 aromatic heterocycles. The van der Waals surface area contributed by atoms with Crippen LogP contribution in [0.15, 0.2) is 46.0 Å². The van der Waals surface area contributed by atoms with Crippen LogP contribution in [0, 0.1) is 31.5 Å². The summed E-state index contributed by atoms with van der Waals surface area (Å²) in [6.45, 7) is 13.6. The summed E-state index contributed by atoms with van der Waals surface area (Å²) in [6.07, 6.45) is 6.98. The summed E-state index contributed by atoms with van der Waals surface area (Å²) in [4.78, 5) is 70.2. The first-order valence-corrected chi connectivity index (χ1v) is 26.9. The van der Waals surface area contributed by atoms with E-state index in [1.165, 1.54) is 52.1 Å². The van der Waals surface area contributed by atoms with Crippen LogP contribution in [0.2, 0.25) is 0 Å². The summed E-state index contributed by atoms with van der Waals surface area (Å²) >= 11 is 0. The number of carboxylic acid groups (broad SMARTS) is 1. The van der Waals surface area contributed by atoms with Crippen molar-refractivity contribution in [3.63, 3.8) is 0 Å².